The van der Waals surface area contributed by atoms with Crippen LogP contribution in [0.3, 0.4) is 0 Å². The molecule has 4 N–H and O–H groups in total. The van der Waals surface area contributed by atoms with Crippen LogP contribution in [0, 0.1) is 0 Å². The van der Waals surface area contributed by atoms with Crippen LogP contribution < -0.4 is 10.5 Å². The van der Waals surface area contributed by atoms with E-state index in [-0.39, 0.29) is 13.0 Å². The third kappa shape index (κ3) is 6.54. The van der Waals surface area contributed by atoms with Gasteiger partial charge in [-0.15, -0.1) is 0 Å². The summed E-state index contributed by atoms with van der Waals surface area (Å²) in [7, 11) is -8.34. The van der Waals surface area contributed by atoms with E-state index in [4.69, 9.17) is 15.6 Å². The maximum Gasteiger partial charge on any atom is 0.357 e. The highest BCUT2D eigenvalue weighted by Gasteiger charge is 2.48. The van der Waals surface area contributed by atoms with E-state index in [1.165, 1.54) is 13.0 Å². The Balaban J connectivity index is 3.65. The molecule has 0 heterocycles. The second-order valence-electron chi connectivity index (χ2n) is 6.60. The standard InChI is InChI=1S/C16H24F3NO6S2/c1-10(21)7-8-26-14-11(5-4-6-13(14)28(3,24)25)12(9-27(2,18)19)16(17,20)15(22)23/h4-6,10,12,21H,7-9,20H2,1-3H3,(H,22,23)/t10-,12-,16+/m0/s1. The monoisotopic (exact) mass is 447 g/mol. The minimum absolute atomic E-state index is 0.0692. The molecule has 28 heavy (non-hydrogen) atoms. The fourth-order valence-electron chi connectivity index (χ4n) is 2.46. The Hall–Kier alpha value is -1.50. The van der Waals surface area contributed by atoms with Gasteiger partial charge >= 0.3 is 5.97 Å². The number of alkyl halides is 1. The van der Waals surface area contributed by atoms with Crippen LogP contribution in [0.2, 0.25) is 0 Å². The average Bonchev–Trinajstić information content (AvgIpc) is 2.50. The molecule has 1 aromatic carbocycles. The molecule has 7 nitrogen and oxygen atoms in total. The predicted molar refractivity (Wildman–Crippen MR) is 100 cm³/mol. The maximum atomic E-state index is 14.8. The normalized spacial score (nSPS) is 17.4. The molecule has 0 bridgehead atoms. The third-order valence-corrected chi connectivity index (χ3v) is 5.90. The summed E-state index contributed by atoms with van der Waals surface area (Å²) in [5.41, 5.74) is 4.82. The number of hydrogen-bond donors (Lipinski definition) is 3. The Kier molecular flexibility index (Phi) is 7.79. The van der Waals surface area contributed by atoms with Gasteiger partial charge in [0.1, 0.15) is 10.6 Å². The van der Waals surface area contributed by atoms with Crippen molar-refractivity contribution in [1.82, 2.24) is 0 Å². The van der Waals surface area contributed by atoms with Crippen LogP contribution in [0.1, 0.15) is 24.8 Å². The SMILES string of the molecule is C[C@H](O)CCOc1c([C@H](CS(C)(F)F)[C@](N)(F)C(=O)O)cccc1S(C)(=O)=O. The first-order chi connectivity index (χ1) is 12.6. The highest BCUT2D eigenvalue weighted by Crippen LogP contribution is 2.54. The highest BCUT2D eigenvalue weighted by atomic mass is 32.3. The Morgan fingerprint density at radius 2 is 1.89 bits per heavy atom. The third-order valence-electron chi connectivity index (χ3n) is 3.86. The Labute approximate surface area is 163 Å². The lowest BCUT2D eigenvalue weighted by Gasteiger charge is -2.31. The molecule has 0 radical (unpaired) electrons. The van der Waals surface area contributed by atoms with Crippen molar-refractivity contribution in [3.8, 4) is 5.75 Å². The molecule has 162 valence electrons. The lowest BCUT2D eigenvalue weighted by Crippen LogP contribution is -2.50. The molecule has 12 heteroatoms. The molecule has 0 amide bonds. The first kappa shape index (κ1) is 24.5. The molecule has 0 aliphatic heterocycles. The Morgan fingerprint density at radius 1 is 1.32 bits per heavy atom. The van der Waals surface area contributed by atoms with Gasteiger partial charge in [-0.05, 0) is 13.0 Å². The van der Waals surface area contributed by atoms with Crippen molar-refractivity contribution in [2.45, 2.75) is 36.1 Å². The summed E-state index contributed by atoms with van der Waals surface area (Å²) < 4.78 is 71.8. The molecule has 1 rings (SSSR count). The summed E-state index contributed by atoms with van der Waals surface area (Å²) in [4.78, 5) is 10.9. The highest BCUT2D eigenvalue weighted by molar-refractivity contribution is 8.24. The number of halogens is 3. The van der Waals surface area contributed by atoms with Crippen LogP contribution in [0.15, 0.2) is 23.1 Å². The molecule has 0 saturated carbocycles. The summed E-state index contributed by atoms with van der Waals surface area (Å²) in [5.74, 6) is -9.49. The predicted octanol–water partition coefficient (Wildman–Crippen LogP) is 2.24. The number of sulfone groups is 1. The number of aliphatic hydroxyl groups is 1. The van der Waals surface area contributed by atoms with Crippen LogP contribution in [-0.2, 0) is 14.6 Å². The van der Waals surface area contributed by atoms with Gasteiger partial charge in [0.05, 0.1) is 29.4 Å². The number of nitrogens with two attached hydrogens (primary N) is 1. The van der Waals surface area contributed by atoms with Crippen LogP contribution in [0.25, 0.3) is 0 Å². The molecule has 3 atom stereocenters. The second-order valence-corrected chi connectivity index (χ2v) is 10.7. The van der Waals surface area contributed by atoms with E-state index in [2.05, 4.69) is 0 Å². The van der Waals surface area contributed by atoms with Crippen LogP contribution >= 0.6 is 10.8 Å². The van der Waals surface area contributed by atoms with Crippen molar-refractivity contribution in [2.24, 2.45) is 5.73 Å². The number of carbonyl (C=O) groups is 1. The minimum Gasteiger partial charge on any atom is -0.492 e. The van der Waals surface area contributed by atoms with Crippen molar-refractivity contribution < 1.29 is 40.3 Å². The van der Waals surface area contributed by atoms with Crippen molar-refractivity contribution in [2.75, 3.05) is 24.9 Å². The number of ether oxygens (including phenoxy) is 1. The maximum absolute atomic E-state index is 14.8. The van der Waals surface area contributed by atoms with Gasteiger partial charge in [-0.25, -0.2) is 17.6 Å². The number of aliphatic hydroxyl groups excluding tert-OH is 1. The number of para-hydroxylation sites is 1. The fourth-order valence-corrected chi connectivity index (χ4v) is 4.31. The number of benzene rings is 1. The molecule has 0 spiro atoms. The van der Waals surface area contributed by atoms with E-state index < -0.39 is 66.4 Å². The van der Waals surface area contributed by atoms with Crippen molar-refractivity contribution in [3.05, 3.63) is 23.8 Å². The van der Waals surface area contributed by atoms with Crippen molar-refractivity contribution in [3.63, 3.8) is 0 Å². The second kappa shape index (κ2) is 8.89. The number of aliphatic carboxylic acids is 1. The van der Waals surface area contributed by atoms with Gasteiger partial charge < -0.3 is 14.9 Å². The first-order valence-corrected chi connectivity index (χ1v) is 12.0. The van der Waals surface area contributed by atoms with E-state index in [0.29, 0.717) is 6.26 Å². The molecule has 0 aliphatic carbocycles. The zero-order valence-electron chi connectivity index (χ0n) is 15.6. The van der Waals surface area contributed by atoms with Gasteiger partial charge in [0.15, 0.2) is 9.84 Å². The minimum atomic E-state index is -4.42. The molecular formula is C16H24F3NO6S2. The van der Waals surface area contributed by atoms with E-state index in [9.17, 15) is 30.5 Å². The van der Waals surface area contributed by atoms with Gasteiger partial charge in [0.25, 0.3) is 5.79 Å². The average molecular weight is 447 g/mol. The van der Waals surface area contributed by atoms with Gasteiger partial charge in [0.2, 0.25) is 0 Å². The summed E-state index contributed by atoms with van der Waals surface area (Å²) in [5, 5.41) is 18.5. The van der Waals surface area contributed by atoms with Crippen molar-refractivity contribution >= 4 is 26.6 Å². The molecule has 0 aliphatic rings. The zero-order chi connectivity index (χ0) is 21.9. The molecule has 0 saturated heterocycles. The summed E-state index contributed by atoms with van der Waals surface area (Å²) >= 11 is 0. The van der Waals surface area contributed by atoms with Crippen LogP contribution in [-0.4, -0.2) is 61.4 Å². The van der Waals surface area contributed by atoms with Crippen LogP contribution in [0.5, 0.6) is 5.75 Å². The lowest BCUT2D eigenvalue weighted by molar-refractivity contribution is -0.151. The van der Waals surface area contributed by atoms with Gasteiger partial charge in [-0.1, -0.05) is 12.1 Å². The van der Waals surface area contributed by atoms with Crippen LogP contribution in [0.4, 0.5) is 12.2 Å². The van der Waals surface area contributed by atoms with Gasteiger partial charge in [-0.2, -0.15) is 7.77 Å². The molecule has 0 fully saturated rings. The smallest absolute Gasteiger partial charge is 0.357 e. The number of carboxylic acid groups (broad SMARTS) is 1. The molecule has 0 aromatic heterocycles. The van der Waals surface area contributed by atoms with E-state index in [0.717, 1.165) is 18.4 Å². The van der Waals surface area contributed by atoms with E-state index >= 15 is 0 Å². The summed E-state index contributed by atoms with van der Waals surface area (Å²) in [6.45, 7) is 1.24. The summed E-state index contributed by atoms with van der Waals surface area (Å²) in [6, 6.07) is 3.40. The Morgan fingerprint density at radius 3 is 2.32 bits per heavy atom. The molecular weight excluding hydrogens is 423 g/mol. The zero-order valence-corrected chi connectivity index (χ0v) is 17.2. The number of rotatable bonds is 10. The first-order valence-electron chi connectivity index (χ1n) is 8.07. The topological polar surface area (TPSA) is 127 Å². The van der Waals surface area contributed by atoms with E-state index in [1.807, 2.05) is 0 Å². The lowest BCUT2D eigenvalue weighted by atomic mass is 9.90. The quantitative estimate of drug-likeness (QED) is 0.470. The van der Waals surface area contributed by atoms with Gasteiger partial charge in [-0.3, -0.25) is 5.73 Å². The van der Waals surface area contributed by atoms with E-state index in [1.54, 1.807) is 0 Å². The largest absolute Gasteiger partial charge is 0.492 e. The van der Waals surface area contributed by atoms with Gasteiger partial charge in [0, 0.05) is 30.2 Å². The summed E-state index contributed by atoms with van der Waals surface area (Å²) in [6.07, 6.45) is 0.652. The number of carboxylic acids is 1. The van der Waals surface area contributed by atoms with Crippen molar-refractivity contribution in [1.29, 1.82) is 0 Å². The molecule has 0 unspecified atom stereocenters. The number of hydrogen-bond acceptors (Lipinski definition) is 6. The molecule has 1 aromatic rings. The fraction of sp³-hybridized carbons (Fsp3) is 0.562. The Bertz CT molecular complexity index is 809.